The first-order valence-corrected chi connectivity index (χ1v) is 6.38. The number of aromatic nitrogens is 1. The molecule has 0 aliphatic heterocycles. The number of aromatic hydroxyl groups is 1. The van der Waals surface area contributed by atoms with Gasteiger partial charge >= 0.3 is 6.18 Å². The Morgan fingerprint density at radius 3 is 2.24 bits per heavy atom. The van der Waals surface area contributed by atoms with Gasteiger partial charge in [-0.2, -0.15) is 13.2 Å². The number of nitrogens with zero attached hydrogens (tertiary/aromatic N) is 1. The first-order valence-electron chi connectivity index (χ1n) is 6.38. The van der Waals surface area contributed by atoms with Gasteiger partial charge in [0.15, 0.2) is 5.88 Å². The minimum Gasteiger partial charge on any atom is -0.494 e. The van der Waals surface area contributed by atoms with E-state index >= 15 is 0 Å². The van der Waals surface area contributed by atoms with Crippen LogP contribution < -0.4 is 0 Å². The third-order valence-corrected chi connectivity index (χ3v) is 3.40. The molecule has 0 amide bonds. The van der Waals surface area contributed by atoms with Crippen molar-refractivity contribution < 1.29 is 18.3 Å². The SMILES string of the molecule is Oc1c2ccccc2cn1Cc1ccc(C(F)(F)F)cc1. The van der Waals surface area contributed by atoms with Gasteiger partial charge in [-0.25, -0.2) is 0 Å². The van der Waals surface area contributed by atoms with Crippen molar-refractivity contribution in [3.8, 4) is 5.88 Å². The Hall–Kier alpha value is -2.43. The third kappa shape index (κ3) is 2.59. The van der Waals surface area contributed by atoms with E-state index in [1.54, 1.807) is 16.8 Å². The molecule has 1 heterocycles. The highest BCUT2D eigenvalue weighted by molar-refractivity contribution is 5.87. The lowest BCUT2D eigenvalue weighted by molar-refractivity contribution is -0.137. The van der Waals surface area contributed by atoms with Crippen molar-refractivity contribution in [2.24, 2.45) is 0 Å². The quantitative estimate of drug-likeness (QED) is 0.743. The molecule has 0 aliphatic carbocycles. The maximum Gasteiger partial charge on any atom is 0.416 e. The molecule has 3 rings (SSSR count). The van der Waals surface area contributed by atoms with Crippen LogP contribution in [0.15, 0.2) is 54.7 Å². The van der Waals surface area contributed by atoms with Gasteiger partial charge in [0.25, 0.3) is 0 Å². The van der Waals surface area contributed by atoms with Crippen LogP contribution in [0.4, 0.5) is 13.2 Å². The standard InChI is InChI=1S/C16H12F3NO/c17-16(18,19)13-7-5-11(6-8-13)9-20-10-12-3-1-2-4-14(12)15(20)21/h1-8,10,21H,9H2. The first-order chi connectivity index (χ1) is 9.95. The average Bonchev–Trinajstić information content (AvgIpc) is 2.76. The fourth-order valence-corrected chi connectivity index (χ4v) is 2.31. The fourth-order valence-electron chi connectivity index (χ4n) is 2.31. The lowest BCUT2D eigenvalue weighted by Gasteiger charge is -2.09. The van der Waals surface area contributed by atoms with Crippen LogP contribution in [0, 0.1) is 0 Å². The largest absolute Gasteiger partial charge is 0.494 e. The van der Waals surface area contributed by atoms with Crippen LogP contribution in [0.1, 0.15) is 11.1 Å². The van der Waals surface area contributed by atoms with Gasteiger partial charge in [0.2, 0.25) is 0 Å². The minimum atomic E-state index is -4.33. The van der Waals surface area contributed by atoms with E-state index in [4.69, 9.17) is 0 Å². The van der Waals surface area contributed by atoms with Crippen LogP contribution in [-0.4, -0.2) is 9.67 Å². The molecule has 0 bridgehead atoms. The highest BCUT2D eigenvalue weighted by atomic mass is 19.4. The molecule has 5 heteroatoms. The summed E-state index contributed by atoms with van der Waals surface area (Å²) in [5.41, 5.74) is 0.0201. The smallest absolute Gasteiger partial charge is 0.416 e. The zero-order valence-corrected chi connectivity index (χ0v) is 10.9. The first kappa shape index (κ1) is 13.5. The fraction of sp³-hybridized carbons (Fsp3) is 0.125. The number of hydrogen-bond acceptors (Lipinski definition) is 1. The van der Waals surface area contributed by atoms with E-state index < -0.39 is 11.7 Å². The second-order valence-electron chi connectivity index (χ2n) is 4.86. The van der Waals surface area contributed by atoms with Crippen molar-refractivity contribution in [3.63, 3.8) is 0 Å². The molecule has 21 heavy (non-hydrogen) atoms. The third-order valence-electron chi connectivity index (χ3n) is 3.40. The van der Waals surface area contributed by atoms with Gasteiger partial charge in [0.1, 0.15) is 0 Å². The molecule has 0 atom stereocenters. The molecule has 3 aromatic rings. The zero-order chi connectivity index (χ0) is 15.0. The summed E-state index contributed by atoms with van der Waals surface area (Å²) >= 11 is 0. The Morgan fingerprint density at radius 2 is 1.62 bits per heavy atom. The van der Waals surface area contributed by atoms with Crippen molar-refractivity contribution in [3.05, 3.63) is 65.9 Å². The Kier molecular flexibility index (Phi) is 3.12. The molecule has 0 aliphatic rings. The van der Waals surface area contributed by atoms with Gasteiger partial charge in [-0.1, -0.05) is 30.3 Å². The molecule has 0 spiro atoms. The zero-order valence-electron chi connectivity index (χ0n) is 10.9. The van der Waals surface area contributed by atoms with Gasteiger partial charge in [-0.05, 0) is 23.8 Å². The number of alkyl halides is 3. The molecule has 108 valence electrons. The molecule has 2 nitrogen and oxygen atoms in total. The lowest BCUT2D eigenvalue weighted by Crippen LogP contribution is -2.05. The van der Waals surface area contributed by atoms with Crippen LogP contribution in [0.3, 0.4) is 0 Å². The summed E-state index contributed by atoms with van der Waals surface area (Å²) in [4.78, 5) is 0. The van der Waals surface area contributed by atoms with Gasteiger partial charge in [0.05, 0.1) is 12.1 Å². The van der Waals surface area contributed by atoms with E-state index in [9.17, 15) is 18.3 Å². The van der Waals surface area contributed by atoms with Gasteiger partial charge < -0.3 is 9.67 Å². The number of benzene rings is 2. The van der Waals surface area contributed by atoms with Crippen molar-refractivity contribution in [2.75, 3.05) is 0 Å². The summed E-state index contributed by atoms with van der Waals surface area (Å²) < 4.78 is 39.1. The van der Waals surface area contributed by atoms with E-state index in [0.717, 1.165) is 22.9 Å². The highest BCUT2D eigenvalue weighted by Crippen LogP contribution is 2.30. The summed E-state index contributed by atoms with van der Waals surface area (Å²) in [6, 6.07) is 12.3. The molecular formula is C16H12F3NO. The molecule has 0 saturated carbocycles. The normalized spacial score (nSPS) is 12.0. The molecule has 2 aromatic carbocycles. The van der Waals surface area contributed by atoms with E-state index in [2.05, 4.69) is 0 Å². The Morgan fingerprint density at radius 1 is 0.952 bits per heavy atom. The monoisotopic (exact) mass is 291 g/mol. The number of rotatable bonds is 2. The Bertz CT molecular complexity index is 772. The summed E-state index contributed by atoms with van der Waals surface area (Å²) in [5, 5.41) is 11.7. The molecule has 1 N–H and O–H groups in total. The predicted octanol–water partition coefficient (Wildman–Crippen LogP) is 4.41. The van der Waals surface area contributed by atoms with E-state index in [1.807, 2.05) is 18.2 Å². The predicted molar refractivity (Wildman–Crippen MR) is 74.1 cm³/mol. The second-order valence-corrected chi connectivity index (χ2v) is 4.86. The highest BCUT2D eigenvalue weighted by Gasteiger charge is 2.29. The van der Waals surface area contributed by atoms with E-state index in [1.165, 1.54) is 12.1 Å². The van der Waals surface area contributed by atoms with Crippen LogP contribution in [0.2, 0.25) is 0 Å². The Balaban J connectivity index is 1.90. The van der Waals surface area contributed by atoms with Crippen LogP contribution in [0.5, 0.6) is 5.88 Å². The average molecular weight is 291 g/mol. The van der Waals surface area contributed by atoms with E-state index in [0.29, 0.717) is 12.1 Å². The summed E-state index contributed by atoms with van der Waals surface area (Å²) in [6.07, 6.45) is -2.55. The molecule has 0 radical (unpaired) electrons. The molecule has 1 aromatic heterocycles. The van der Waals surface area contributed by atoms with Gasteiger partial charge in [-0.15, -0.1) is 0 Å². The van der Waals surface area contributed by atoms with Crippen molar-refractivity contribution in [1.29, 1.82) is 0 Å². The number of halogens is 3. The van der Waals surface area contributed by atoms with Gasteiger partial charge in [-0.3, -0.25) is 0 Å². The maximum absolute atomic E-state index is 12.5. The minimum absolute atomic E-state index is 0.116. The van der Waals surface area contributed by atoms with E-state index in [-0.39, 0.29) is 5.88 Å². The lowest BCUT2D eigenvalue weighted by atomic mass is 10.1. The summed E-state index contributed by atoms with van der Waals surface area (Å²) in [5.74, 6) is 0.116. The molecule has 0 unspecified atom stereocenters. The Labute approximate surface area is 119 Å². The van der Waals surface area contributed by atoms with Crippen LogP contribution in [0.25, 0.3) is 10.8 Å². The molecule has 0 fully saturated rings. The van der Waals surface area contributed by atoms with Gasteiger partial charge in [0, 0.05) is 17.0 Å². The maximum atomic E-state index is 12.5. The summed E-state index contributed by atoms with van der Waals surface area (Å²) in [7, 11) is 0. The van der Waals surface area contributed by atoms with Crippen molar-refractivity contribution in [1.82, 2.24) is 4.57 Å². The molecular weight excluding hydrogens is 279 g/mol. The van der Waals surface area contributed by atoms with Crippen LogP contribution in [-0.2, 0) is 12.7 Å². The number of hydrogen-bond donors (Lipinski definition) is 1. The van der Waals surface area contributed by atoms with Crippen molar-refractivity contribution >= 4 is 10.8 Å². The number of fused-ring (bicyclic) bond motifs is 1. The topological polar surface area (TPSA) is 25.2 Å². The molecule has 0 saturated heterocycles. The summed E-state index contributed by atoms with van der Waals surface area (Å²) in [6.45, 7) is 0.318. The van der Waals surface area contributed by atoms with Crippen molar-refractivity contribution in [2.45, 2.75) is 12.7 Å². The second kappa shape index (κ2) is 4.84. The van der Waals surface area contributed by atoms with Crippen LogP contribution >= 0.6 is 0 Å².